The van der Waals surface area contributed by atoms with Crippen LogP contribution in [0.1, 0.15) is 36.1 Å². The quantitative estimate of drug-likeness (QED) is 0.753. The van der Waals surface area contributed by atoms with Crippen LogP contribution in [-0.4, -0.2) is 21.3 Å². The highest BCUT2D eigenvalue weighted by molar-refractivity contribution is 5.68. The molecule has 106 valence electrons. The van der Waals surface area contributed by atoms with Crippen molar-refractivity contribution in [3.8, 4) is 0 Å². The van der Waals surface area contributed by atoms with Crippen molar-refractivity contribution in [3.63, 3.8) is 0 Å². The summed E-state index contributed by atoms with van der Waals surface area (Å²) in [5.74, 6) is -1.10. The van der Waals surface area contributed by atoms with Crippen molar-refractivity contribution in [3.05, 3.63) is 57.5 Å². The summed E-state index contributed by atoms with van der Waals surface area (Å²) in [6.45, 7) is 1.89. The van der Waals surface area contributed by atoms with Gasteiger partial charge < -0.3 is 10.2 Å². The Bertz CT molecular complexity index is 628. The SMILES string of the molecule is CCc1c(C(CC(=O)O)Cc2ccccc2)[nH][nH]c1=O. The van der Waals surface area contributed by atoms with Crippen LogP contribution in [0.3, 0.4) is 0 Å². The molecule has 1 aromatic carbocycles. The van der Waals surface area contributed by atoms with Crippen LogP contribution in [-0.2, 0) is 17.6 Å². The molecular weight excluding hydrogens is 256 g/mol. The molecule has 5 heteroatoms. The third-order valence-corrected chi connectivity index (χ3v) is 3.42. The minimum atomic E-state index is -0.866. The summed E-state index contributed by atoms with van der Waals surface area (Å²) in [7, 11) is 0. The lowest BCUT2D eigenvalue weighted by atomic mass is 9.90. The number of rotatable bonds is 6. The fraction of sp³-hybridized carbons (Fsp3) is 0.333. The molecule has 0 amide bonds. The average Bonchev–Trinajstić information content (AvgIpc) is 2.79. The van der Waals surface area contributed by atoms with Crippen molar-refractivity contribution in [1.29, 1.82) is 0 Å². The molecule has 0 fully saturated rings. The van der Waals surface area contributed by atoms with Crippen LogP contribution in [0.15, 0.2) is 35.1 Å². The molecule has 0 bridgehead atoms. The van der Waals surface area contributed by atoms with Crippen molar-refractivity contribution in [2.75, 3.05) is 0 Å². The molecule has 20 heavy (non-hydrogen) atoms. The van der Waals surface area contributed by atoms with Gasteiger partial charge in [-0.2, -0.15) is 0 Å². The van der Waals surface area contributed by atoms with Crippen LogP contribution in [0, 0.1) is 0 Å². The molecule has 5 nitrogen and oxygen atoms in total. The molecule has 0 radical (unpaired) electrons. The second kappa shape index (κ2) is 6.23. The summed E-state index contributed by atoms with van der Waals surface area (Å²) < 4.78 is 0. The molecule has 3 N–H and O–H groups in total. The second-order valence-electron chi connectivity index (χ2n) is 4.81. The Balaban J connectivity index is 2.32. The van der Waals surface area contributed by atoms with E-state index >= 15 is 0 Å². The maximum atomic E-state index is 11.7. The first-order valence-electron chi connectivity index (χ1n) is 6.67. The number of carboxylic acids is 1. The molecule has 0 aliphatic rings. The third-order valence-electron chi connectivity index (χ3n) is 3.42. The van der Waals surface area contributed by atoms with Gasteiger partial charge >= 0.3 is 5.97 Å². The van der Waals surface area contributed by atoms with E-state index in [0.717, 1.165) is 5.56 Å². The normalized spacial score (nSPS) is 12.2. The van der Waals surface area contributed by atoms with Crippen LogP contribution in [0.4, 0.5) is 0 Å². The Morgan fingerprint density at radius 2 is 1.95 bits per heavy atom. The highest BCUT2D eigenvalue weighted by Gasteiger charge is 2.22. The van der Waals surface area contributed by atoms with Gasteiger partial charge in [-0.1, -0.05) is 37.3 Å². The number of nitrogens with one attached hydrogen (secondary N) is 2. The molecule has 1 unspecified atom stereocenters. The number of hydrogen-bond donors (Lipinski definition) is 3. The monoisotopic (exact) mass is 274 g/mol. The second-order valence-corrected chi connectivity index (χ2v) is 4.81. The largest absolute Gasteiger partial charge is 0.481 e. The number of benzene rings is 1. The number of carbonyl (C=O) groups is 1. The molecule has 1 aromatic heterocycles. The highest BCUT2D eigenvalue weighted by Crippen LogP contribution is 2.24. The smallest absolute Gasteiger partial charge is 0.304 e. The first kappa shape index (κ1) is 14.1. The highest BCUT2D eigenvalue weighted by atomic mass is 16.4. The zero-order chi connectivity index (χ0) is 14.5. The van der Waals surface area contributed by atoms with Gasteiger partial charge in [-0.05, 0) is 18.4 Å². The molecule has 0 saturated heterocycles. The first-order chi connectivity index (χ1) is 9.61. The number of carboxylic acid groups (broad SMARTS) is 1. The van der Waals surface area contributed by atoms with E-state index in [9.17, 15) is 9.59 Å². The van der Waals surface area contributed by atoms with Crippen molar-refractivity contribution < 1.29 is 9.90 Å². The van der Waals surface area contributed by atoms with Crippen LogP contribution in [0.25, 0.3) is 0 Å². The molecule has 1 atom stereocenters. The molecule has 2 rings (SSSR count). The Morgan fingerprint density at radius 1 is 1.25 bits per heavy atom. The summed E-state index contributed by atoms with van der Waals surface area (Å²) in [4.78, 5) is 22.8. The van der Waals surface area contributed by atoms with Crippen molar-refractivity contribution in [2.24, 2.45) is 0 Å². The maximum absolute atomic E-state index is 11.7. The standard InChI is InChI=1S/C15H18N2O3/c1-2-12-14(16-17-15(12)20)11(9-13(18)19)8-10-6-4-3-5-7-10/h3-7,11H,2,8-9H2,1H3,(H,18,19)(H2,16,17,20). The molecule has 2 aromatic rings. The van der Waals surface area contributed by atoms with E-state index < -0.39 is 5.97 Å². The third kappa shape index (κ3) is 3.17. The van der Waals surface area contributed by atoms with E-state index in [1.54, 1.807) is 0 Å². The van der Waals surface area contributed by atoms with Gasteiger partial charge in [0, 0.05) is 17.2 Å². The minimum absolute atomic E-state index is 0.00428. The van der Waals surface area contributed by atoms with Crippen LogP contribution >= 0.6 is 0 Å². The summed E-state index contributed by atoms with van der Waals surface area (Å²) in [5.41, 5.74) is 2.25. The van der Waals surface area contributed by atoms with E-state index in [4.69, 9.17) is 5.11 Å². The van der Waals surface area contributed by atoms with Crippen LogP contribution < -0.4 is 5.56 Å². The summed E-state index contributed by atoms with van der Waals surface area (Å²) >= 11 is 0. The summed E-state index contributed by atoms with van der Waals surface area (Å²) in [6.07, 6.45) is 1.17. The Labute approximate surface area is 116 Å². The fourth-order valence-corrected chi connectivity index (χ4v) is 2.48. The molecule has 1 heterocycles. The van der Waals surface area contributed by atoms with E-state index in [-0.39, 0.29) is 17.9 Å². The van der Waals surface area contributed by atoms with E-state index in [0.29, 0.717) is 24.1 Å². The van der Waals surface area contributed by atoms with E-state index in [1.807, 2.05) is 37.3 Å². The Kier molecular flexibility index (Phi) is 4.40. The lowest BCUT2D eigenvalue weighted by molar-refractivity contribution is -0.137. The lowest BCUT2D eigenvalue weighted by Crippen LogP contribution is -2.13. The number of aromatic nitrogens is 2. The lowest BCUT2D eigenvalue weighted by Gasteiger charge is -2.14. The van der Waals surface area contributed by atoms with Gasteiger partial charge in [-0.25, -0.2) is 0 Å². The zero-order valence-electron chi connectivity index (χ0n) is 11.3. The maximum Gasteiger partial charge on any atom is 0.304 e. The van der Waals surface area contributed by atoms with E-state index in [1.165, 1.54) is 0 Å². The van der Waals surface area contributed by atoms with Gasteiger partial charge in [0.25, 0.3) is 5.56 Å². The van der Waals surface area contributed by atoms with Crippen molar-refractivity contribution in [1.82, 2.24) is 10.2 Å². The molecule has 0 aliphatic carbocycles. The summed E-state index contributed by atoms with van der Waals surface area (Å²) in [5, 5.41) is 14.5. The van der Waals surface area contributed by atoms with Gasteiger partial charge in [0.15, 0.2) is 0 Å². The van der Waals surface area contributed by atoms with Crippen molar-refractivity contribution >= 4 is 5.97 Å². The minimum Gasteiger partial charge on any atom is -0.481 e. The van der Waals surface area contributed by atoms with Gasteiger partial charge in [-0.15, -0.1) is 0 Å². The summed E-state index contributed by atoms with van der Waals surface area (Å²) in [6, 6.07) is 9.70. The van der Waals surface area contributed by atoms with Gasteiger partial charge in [-0.3, -0.25) is 14.7 Å². The van der Waals surface area contributed by atoms with Gasteiger partial charge in [0.05, 0.1) is 6.42 Å². The number of aromatic amines is 2. The fourth-order valence-electron chi connectivity index (χ4n) is 2.48. The number of H-pyrrole nitrogens is 2. The Hall–Kier alpha value is -2.30. The topological polar surface area (TPSA) is 85.9 Å². The molecule has 0 aliphatic heterocycles. The van der Waals surface area contributed by atoms with Gasteiger partial charge in [0.2, 0.25) is 0 Å². The molecular formula is C15H18N2O3. The van der Waals surface area contributed by atoms with Gasteiger partial charge in [0.1, 0.15) is 0 Å². The van der Waals surface area contributed by atoms with Crippen LogP contribution in [0.5, 0.6) is 0 Å². The molecule has 0 saturated carbocycles. The molecule has 0 spiro atoms. The predicted octanol–water partition coefficient (Wildman–Crippen LogP) is 2.07. The first-order valence-corrected chi connectivity index (χ1v) is 6.67. The predicted molar refractivity (Wildman–Crippen MR) is 75.9 cm³/mol. The number of aliphatic carboxylic acids is 1. The zero-order valence-corrected chi connectivity index (χ0v) is 11.3. The number of hydrogen-bond acceptors (Lipinski definition) is 2. The van der Waals surface area contributed by atoms with E-state index in [2.05, 4.69) is 10.2 Å². The van der Waals surface area contributed by atoms with Crippen LogP contribution in [0.2, 0.25) is 0 Å². The van der Waals surface area contributed by atoms with Crippen molar-refractivity contribution in [2.45, 2.75) is 32.1 Å². The Morgan fingerprint density at radius 3 is 2.55 bits per heavy atom. The average molecular weight is 274 g/mol.